The van der Waals surface area contributed by atoms with Crippen molar-refractivity contribution in [3.63, 3.8) is 0 Å². The third-order valence-corrected chi connectivity index (χ3v) is 3.60. The molecular formula is C13H26N2O2. The van der Waals surface area contributed by atoms with E-state index >= 15 is 0 Å². The van der Waals surface area contributed by atoms with Crippen LogP contribution in [-0.4, -0.2) is 47.7 Å². The van der Waals surface area contributed by atoms with E-state index in [9.17, 15) is 9.90 Å². The van der Waals surface area contributed by atoms with Crippen LogP contribution in [0.5, 0.6) is 0 Å². The first kappa shape index (κ1) is 14.5. The molecule has 4 heteroatoms. The van der Waals surface area contributed by atoms with Crippen molar-refractivity contribution >= 4 is 5.97 Å². The summed E-state index contributed by atoms with van der Waals surface area (Å²) < 4.78 is 0. The van der Waals surface area contributed by atoms with Crippen LogP contribution in [0.2, 0.25) is 0 Å². The Morgan fingerprint density at radius 2 is 2.06 bits per heavy atom. The predicted octanol–water partition coefficient (Wildman–Crippen LogP) is 1.71. The molecule has 0 aromatic carbocycles. The summed E-state index contributed by atoms with van der Waals surface area (Å²) in [7, 11) is 0. The molecule has 1 saturated heterocycles. The molecule has 1 heterocycles. The van der Waals surface area contributed by atoms with Crippen molar-refractivity contribution in [2.24, 2.45) is 0 Å². The average Bonchev–Trinajstić information content (AvgIpc) is 2.51. The van der Waals surface area contributed by atoms with Crippen molar-refractivity contribution in [2.75, 3.05) is 26.2 Å². The molecule has 2 N–H and O–H groups in total. The number of hydrogen-bond acceptors (Lipinski definition) is 3. The number of carboxylic acid groups (broad SMARTS) is 1. The second-order valence-corrected chi connectivity index (χ2v) is 5.01. The smallest absolute Gasteiger partial charge is 0.323 e. The van der Waals surface area contributed by atoms with E-state index in [4.69, 9.17) is 0 Å². The molecule has 1 atom stereocenters. The standard InChI is InChI=1S/C13H26N2O2/c1-3-8-14-13(12(16)17)6-5-10-15(9-4-2)11-7-13/h14H,3-11H2,1-2H3,(H,16,17). The van der Waals surface area contributed by atoms with Crippen molar-refractivity contribution in [2.45, 2.75) is 51.5 Å². The van der Waals surface area contributed by atoms with Gasteiger partial charge in [0.15, 0.2) is 0 Å². The monoisotopic (exact) mass is 242 g/mol. The molecule has 4 nitrogen and oxygen atoms in total. The largest absolute Gasteiger partial charge is 0.480 e. The second kappa shape index (κ2) is 6.97. The van der Waals surface area contributed by atoms with Gasteiger partial charge in [0.25, 0.3) is 0 Å². The van der Waals surface area contributed by atoms with Gasteiger partial charge in [0.05, 0.1) is 0 Å². The molecule has 1 fully saturated rings. The summed E-state index contributed by atoms with van der Waals surface area (Å²) in [5.74, 6) is -0.677. The summed E-state index contributed by atoms with van der Waals surface area (Å²) >= 11 is 0. The van der Waals surface area contributed by atoms with Crippen LogP contribution in [-0.2, 0) is 4.79 Å². The normalized spacial score (nSPS) is 26.7. The highest BCUT2D eigenvalue weighted by Gasteiger charge is 2.38. The van der Waals surface area contributed by atoms with Gasteiger partial charge in [-0.1, -0.05) is 13.8 Å². The molecule has 0 aliphatic carbocycles. The highest BCUT2D eigenvalue weighted by Crippen LogP contribution is 2.23. The van der Waals surface area contributed by atoms with Crippen molar-refractivity contribution in [3.05, 3.63) is 0 Å². The van der Waals surface area contributed by atoms with E-state index in [1.807, 2.05) is 0 Å². The van der Waals surface area contributed by atoms with E-state index in [2.05, 4.69) is 24.1 Å². The van der Waals surface area contributed by atoms with Crippen molar-refractivity contribution < 1.29 is 9.90 Å². The summed E-state index contributed by atoms with van der Waals surface area (Å²) in [5, 5.41) is 12.7. The van der Waals surface area contributed by atoms with Gasteiger partial charge in [-0.2, -0.15) is 0 Å². The summed E-state index contributed by atoms with van der Waals surface area (Å²) in [6.45, 7) is 8.06. The number of likely N-dealkylation sites (tertiary alicyclic amines) is 1. The van der Waals surface area contributed by atoms with E-state index in [1.165, 1.54) is 0 Å². The third-order valence-electron chi connectivity index (χ3n) is 3.60. The molecule has 0 amide bonds. The van der Waals surface area contributed by atoms with E-state index in [0.717, 1.165) is 58.3 Å². The van der Waals surface area contributed by atoms with E-state index in [0.29, 0.717) is 0 Å². The van der Waals surface area contributed by atoms with Crippen LogP contribution >= 0.6 is 0 Å². The Labute approximate surface area is 104 Å². The van der Waals surface area contributed by atoms with Gasteiger partial charge in [-0.25, -0.2) is 0 Å². The van der Waals surface area contributed by atoms with Crippen LogP contribution < -0.4 is 5.32 Å². The zero-order valence-electron chi connectivity index (χ0n) is 11.2. The van der Waals surface area contributed by atoms with Gasteiger partial charge < -0.3 is 15.3 Å². The first-order chi connectivity index (χ1) is 8.14. The average molecular weight is 242 g/mol. The fourth-order valence-electron chi connectivity index (χ4n) is 2.56. The van der Waals surface area contributed by atoms with E-state index in [1.54, 1.807) is 0 Å². The first-order valence-electron chi connectivity index (χ1n) is 6.85. The third kappa shape index (κ3) is 3.96. The lowest BCUT2D eigenvalue weighted by atomic mass is 9.90. The molecule has 0 aromatic rings. The lowest BCUT2D eigenvalue weighted by molar-refractivity contribution is -0.145. The molecule has 1 aliphatic rings. The summed E-state index contributed by atoms with van der Waals surface area (Å²) in [4.78, 5) is 13.9. The Kier molecular flexibility index (Phi) is 5.92. The zero-order chi connectivity index (χ0) is 12.7. The number of nitrogens with one attached hydrogen (secondary N) is 1. The molecule has 1 unspecified atom stereocenters. The van der Waals surface area contributed by atoms with Crippen molar-refractivity contribution in [1.29, 1.82) is 0 Å². The predicted molar refractivity (Wildman–Crippen MR) is 69.2 cm³/mol. The van der Waals surface area contributed by atoms with Crippen LogP contribution in [0.25, 0.3) is 0 Å². The van der Waals surface area contributed by atoms with E-state index in [-0.39, 0.29) is 0 Å². The minimum atomic E-state index is -0.682. The Morgan fingerprint density at radius 1 is 1.29 bits per heavy atom. The maximum absolute atomic E-state index is 11.5. The van der Waals surface area contributed by atoms with Crippen molar-refractivity contribution in [1.82, 2.24) is 10.2 Å². The highest BCUT2D eigenvalue weighted by atomic mass is 16.4. The van der Waals surface area contributed by atoms with Crippen molar-refractivity contribution in [3.8, 4) is 0 Å². The topological polar surface area (TPSA) is 52.6 Å². The molecule has 0 spiro atoms. The molecule has 0 bridgehead atoms. The summed E-state index contributed by atoms with van der Waals surface area (Å²) in [6, 6.07) is 0. The van der Waals surface area contributed by atoms with Gasteiger partial charge in [0.1, 0.15) is 5.54 Å². The van der Waals surface area contributed by atoms with Crippen LogP contribution in [0.15, 0.2) is 0 Å². The summed E-state index contributed by atoms with van der Waals surface area (Å²) in [5.41, 5.74) is -0.682. The van der Waals surface area contributed by atoms with Gasteiger partial charge >= 0.3 is 5.97 Å². The highest BCUT2D eigenvalue weighted by molar-refractivity contribution is 5.78. The van der Waals surface area contributed by atoms with E-state index < -0.39 is 11.5 Å². The Hall–Kier alpha value is -0.610. The van der Waals surface area contributed by atoms with Crippen LogP contribution in [0.3, 0.4) is 0 Å². The van der Waals surface area contributed by atoms with Gasteiger partial charge in [0.2, 0.25) is 0 Å². The number of hydrogen-bond donors (Lipinski definition) is 2. The quantitative estimate of drug-likeness (QED) is 0.744. The number of carboxylic acids is 1. The second-order valence-electron chi connectivity index (χ2n) is 5.01. The molecule has 1 aliphatic heterocycles. The fourth-order valence-corrected chi connectivity index (χ4v) is 2.56. The van der Waals surface area contributed by atoms with Crippen LogP contribution in [0.1, 0.15) is 46.0 Å². The van der Waals surface area contributed by atoms with Crippen LogP contribution in [0.4, 0.5) is 0 Å². The Bertz CT molecular complexity index is 246. The number of aliphatic carboxylic acids is 1. The van der Waals surface area contributed by atoms with Gasteiger partial charge in [-0.15, -0.1) is 0 Å². The van der Waals surface area contributed by atoms with Crippen LogP contribution in [0, 0.1) is 0 Å². The number of rotatable bonds is 6. The van der Waals surface area contributed by atoms with Gasteiger partial charge in [-0.3, -0.25) is 4.79 Å². The molecule has 0 radical (unpaired) electrons. The Balaban J connectivity index is 2.62. The van der Waals surface area contributed by atoms with Gasteiger partial charge in [-0.05, 0) is 51.7 Å². The number of nitrogens with zero attached hydrogens (tertiary/aromatic N) is 1. The molecule has 100 valence electrons. The molecule has 0 saturated carbocycles. The lowest BCUT2D eigenvalue weighted by Gasteiger charge is -2.29. The first-order valence-corrected chi connectivity index (χ1v) is 6.85. The summed E-state index contributed by atoms with van der Waals surface area (Å²) in [6.07, 6.45) is 4.57. The SMILES string of the molecule is CCCNC1(C(=O)O)CCCN(CCC)CC1. The molecule has 1 rings (SSSR count). The zero-order valence-corrected chi connectivity index (χ0v) is 11.2. The van der Waals surface area contributed by atoms with Gasteiger partial charge in [0, 0.05) is 6.54 Å². The number of carbonyl (C=O) groups is 1. The molecule has 17 heavy (non-hydrogen) atoms. The lowest BCUT2D eigenvalue weighted by Crippen LogP contribution is -2.52. The fraction of sp³-hybridized carbons (Fsp3) is 0.923. The minimum absolute atomic E-state index is 0.677. The minimum Gasteiger partial charge on any atom is -0.480 e. The maximum atomic E-state index is 11.5. The maximum Gasteiger partial charge on any atom is 0.323 e. The Morgan fingerprint density at radius 3 is 2.65 bits per heavy atom. The molecular weight excluding hydrogens is 216 g/mol. The molecule has 0 aromatic heterocycles.